The Labute approximate surface area is 176 Å². The van der Waals surface area contributed by atoms with Gasteiger partial charge in [0.05, 0.1) is 30.1 Å². The Morgan fingerprint density at radius 2 is 1.80 bits per heavy atom. The predicted octanol–water partition coefficient (Wildman–Crippen LogP) is 4.05. The molecule has 154 valence electrons. The molecule has 4 heteroatoms. The summed E-state index contributed by atoms with van der Waals surface area (Å²) in [6.45, 7) is 6.35. The number of hydrogen-bond donors (Lipinski definition) is 1. The van der Waals surface area contributed by atoms with Gasteiger partial charge in [0.15, 0.2) is 5.78 Å². The van der Waals surface area contributed by atoms with E-state index in [1.807, 2.05) is 56.3 Å². The number of fused-ring (bicyclic) bond motifs is 5. The standard InChI is InChI=1S/C26H26O4/c1-15-11-16(2)20(17(3)12-15)22-24(28)21-19-9-10-26(14-27,30-19)23(21)25(22)29-13-18-7-5-4-6-8-18/h4-12,19,21,23,27H,13-14H2,1-3H3/t19-,21-,23+,26-/m0/s1. The van der Waals surface area contributed by atoms with E-state index < -0.39 is 5.60 Å². The minimum absolute atomic E-state index is 0.0581. The number of aliphatic hydroxyl groups excluding tert-OH is 1. The lowest BCUT2D eigenvalue weighted by molar-refractivity contribution is -0.118. The Bertz CT molecular complexity index is 1060. The first-order valence-electron chi connectivity index (χ1n) is 10.5. The summed E-state index contributed by atoms with van der Waals surface area (Å²) in [5, 5.41) is 10.2. The van der Waals surface area contributed by atoms with Gasteiger partial charge < -0.3 is 14.6 Å². The van der Waals surface area contributed by atoms with E-state index in [0.29, 0.717) is 17.9 Å². The van der Waals surface area contributed by atoms with Gasteiger partial charge in [-0.1, -0.05) is 60.2 Å². The summed E-state index contributed by atoms with van der Waals surface area (Å²) in [4.78, 5) is 13.7. The van der Waals surface area contributed by atoms with Crippen LogP contribution in [0.15, 0.2) is 60.4 Å². The molecule has 0 radical (unpaired) electrons. The summed E-state index contributed by atoms with van der Waals surface area (Å²) < 4.78 is 12.5. The molecule has 2 aromatic carbocycles. The van der Waals surface area contributed by atoms with E-state index in [2.05, 4.69) is 19.1 Å². The Hall–Kier alpha value is -2.69. The highest BCUT2D eigenvalue weighted by Gasteiger charge is 2.65. The van der Waals surface area contributed by atoms with Gasteiger partial charge in [0.25, 0.3) is 0 Å². The summed E-state index contributed by atoms with van der Waals surface area (Å²) in [6.07, 6.45) is 3.52. The van der Waals surface area contributed by atoms with Crippen LogP contribution in [0.1, 0.15) is 27.8 Å². The van der Waals surface area contributed by atoms with Crippen LogP contribution in [0, 0.1) is 32.6 Å². The molecule has 2 aliphatic heterocycles. The van der Waals surface area contributed by atoms with Crippen LogP contribution < -0.4 is 0 Å². The molecule has 0 unspecified atom stereocenters. The molecule has 0 spiro atoms. The highest BCUT2D eigenvalue weighted by Crippen LogP contribution is 2.57. The van der Waals surface area contributed by atoms with Crippen molar-refractivity contribution in [2.45, 2.75) is 39.1 Å². The second kappa shape index (κ2) is 6.93. The molecular weight excluding hydrogens is 376 g/mol. The summed E-state index contributed by atoms with van der Waals surface area (Å²) in [6, 6.07) is 14.2. The molecular formula is C26H26O4. The third kappa shape index (κ3) is 2.71. The number of carbonyl (C=O) groups excluding carboxylic acids is 1. The van der Waals surface area contributed by atoms with Crippen LogP contribution in [0.2, 0.25) is 0 Å². The molecule has 0 aromatic heterocycles. The van der Waals surface area contributed by atoms with E-state index >= 15 is 0 Å². The molecule has 1 saturated heterocycles. The summed E-state index contributed by atoms with van der Waals surface area (Å²) in [5.74, 6) is 0.0689. The lowest BCUT2D eigenvalue weighted by Gasteiger charge is -2.30. The molecule has 1 fully saturated rings. The van der Waals surface area contributed by atoms with Crippen molar-refractivity contribution in [3.63, 3.8) is 0 Å². The van der Waals surface area contributed by atoms with Crippen molar-refractivity contribution in [3.8, 4) is 0 Å². The van der Waals surface area contributed by atoms with Gasteiger partial charge >= 0.3 is 0 Å². The zero-order valence-corrected chi connectivity index (χ0v) is 17.5. The van der Waals surface area contributed by atoms with Crippen LogP contribution in [0.25, 0.3) is 5.57 Å². The van der Waals surface area contributed by atoms with Crippen molar-refractivity contribution in [2.75, 3.05) is 6.61 Å². The van der Waals surface area contributed by atoms with Crippen molar-refractivity contribution in [1.82, 2.24) is 0 Å². The Morgan fingerprint density at radius 1 is 1.10 bits per heavy atom. The lowest BCUT2D eigenvalue weighted by atomic mass is 9.77. The Morgan fingerprint density at radius 3 is 2.47 bits per heavy atom. The van der Waals surface area contributed by atoms with Crippen LogP contribution in [0.3, 0.4) is 0 Å². The SMILES string of the molecule is Cc1cc(C)c(C2=C(OCc3ccccc3)[C@H]3[C@@H](C2=O)[C@@H]2C=C[C@@]3(CO)O2)c(C)c1. The van der Waals surface area contributed by atoms with Gasteiger partial charge in [-0.05, 0) is 43.0 Å². The third-order valence-corrected chi connectivity index (χ3v) is 6.65. The van der Waals surface area contributed by atoms with Gasteiger partial charge in [0.1, 0.15) is 18.0 Å². The van der Waals surface area contributed by atoms with E-state index in [-0.39, 0.29) is 30.3 Å². The van der Waals surface area contributed by atoms with Crippen LogP contribution >= 0.6 is 0 Å². The number of benzene rings is 2. The van der Waals surface area contributed by atoms with Crippen LogP contribution in [0.5, 0.6) is 0 Å². The van der Waals surface area contributed by atoms with Gasteiger partial charge in [-0.25, -0.2) is 0 Å². The molecule has 0 amide bonds. The van der Waals surface area contributed by atoms with Crippen molar-refractivity contribution in [3.05, 3.63) is 88.2 Å². The summed E-state index contributed by atoms with van der Waals surface area (Å²) in [7, 11) is 0. The van der Waals surface area contributed by atoms with Gasteiger partial charge in [-0.15, -0.1) is 0 Å². The molecule has 2 aromatic rings. The van der Waals surface area contributed by atoms with E-state index in [4.69, 9.17) is 9.47 Å². The minimum atomic E-state index is -0.884. The number of Topliss-reactive ketones (excluding diaryl/α,β-unsaturated/α-hetero) is 1. The molecule has 2 heterocycles. The number of rotatable bonds is 5. The first-order chi connectivity index (χ1) is 14.4. The summed E-state index contributed by atoms with van der Waals surface area (Å²) >= 11 is 0. The lowest BCUT2D eigenvalue weighted by Crippen LogP contribution is -2.39. The van der Waals surface area contributed by atoms with Crippen LogP contribution in [-0.2, 0) is 20.9 Å². The molecule has 5 rings (SSSR count). The van der Waals surface area contributed by atoms with Gasteiger partial charge in [-0.3, -0.25) is 4.79 Å². The number of aliphatic hydroxyl groups is 1. The topological polar surface area (TPSA) is 55.8 Å². The first kappa shape index (κ1) is 19.3. The highest BCUT2D eigenvalue weighted by molar-refractivity contribution is 6.26. The average molecular weight is 402 g/mol. The van der Waals surface area contributed by atoms with Gasteiger partial charge in [-0.2, -0.15) is 0 Å². The number of ketones is 1. The molecule has 4 atom stereocenters. The van der Waals surface area contributed by atoms with E-state index in [9.17, 15) is 9.90 Å². The maximum atomic E-state index is 13.7. The van der Waals surface area contributed by atoms with Crippen LogP contribution in [-0.4, -0.2) is 29.2 Å². The molecule has 3 aliphatic rings. The third-order valence-electron chi connectivity index (χ3n) is 6.65. The maximum Gasteiger partial charge on any atom is 0.173 e. The van der Waals surface area contributed by atoms with Crippen molar-refractivity contribution >= 4 is 11.4 Å². The average Bonchev–Trinajstić information content (AvgIpc) is 3.37. The fourth-order valence-electron chi connectivity index (χ4n) is 5.49. The molecule has 0 saturated carbocycles. The molecule has 4 nitrogen and oxygen atoms in total. The molecule has 30 heavy (non-hydrogen) atoms. The normalized spacial score (nSPS) is 29.1. The van der Waals surface area contributed by atoms with Gasteiger partial charge in [0, 0.05) is 0 Å². The maximum absolute atomic E-state index is 13.7. The van der Waals surface area contributed by atoms with Gasteiger partial charge in [0.2, 0.25) is 0 Å². The number of hydrogen-bond acceptors (Lipinski definition) is 4. The monoisotopic (exact) mass is 402 g/mol. The second-order valence-corrected chi connectivity index (χ2v) is 8.71. The van der Waals surface area contributed by atoms with Crippen molar-refractivity contribution < 1.29 is 19.4 Å². The molecule has 1 N–H and O–H groups in total. The van der Waals surface area contributed by atoms with Crippen LogP contribution in [0.4, 0.5) is 0 Å². The first-order valence-corrected chi connectivity index (χ1v) is 10.5. The zero-order valence-electron chi connectivity index (χ0n) is 17.5. The molecule has 2 bridgehead atoms. The predicted molar refractivity (Wildman–Crippen MR) is 115 cm³/mol. The van der Waals surface area contributed by atoms with E-state index in [1.165, 1.54) is 5.56 Å². The Balaban J connectivity index is 1.66. The quantitative estimate of drug-likeness (QED) is 0.767. The van der Waals surface area contributed by atoms with Crippen molar-refractivity contribution in [1.29, 1.82) is 0 Å². The second-order valence-electron chi connectivity index (χ2n) is 8.71. The fourth-order valence-corrected chi connectivity index (χ4v) is 5.49. The molecule has 1 aliphatic carbocycles. The highest BCUT2D eigenvalue weighted by atomic mass is 16.5. The summed E-state index contributed by atoms with van der Waals surface area (Å²) in [5.41, 5.74) is 5.07. The van der Waals surface area contributed by atoms with Crippen molar-refractivity contribution in [2.24, 2.45) is 11.8 Å². The largest absolute Gasteiger partial charge is 0.492 e. The number of carbonyl (C=O) groups is 1. The number of allylic oxidation sites excluding steroid dienone is 1. The number of aryl methyl sites for hydroxylation is 3. The van der Waals surface area contributed by atoms with E-state index in [0.717, 1.165) is 22.3 Å². The van der Waals surface area contributed by atoms with E-state index in [1.54, 1.807) is 0 Å². The Kier molecular flexibility index (Phi) is 4.46. The number of ether oxygens (including phenoxy) is 2. The zero-order chi connectivity index (χ0) is 21.0. The fraction of sp³-hybridized carbons (Fsp3) is 0.346. The minimum Gasteiger partial charge on any atom is -0.492 e. The smallest absolute Gasteiger partial charge is 0.173 e.